The quantitative estimate of drug-likeness (QED) is 0.659. The smallest absolute Gasteiger partial charge is 0.274 e. The van der Waals surface area contributed by atoms with Crippen LogP contribution >= 0.6 is 0 Å². The molecule has 1 amide bonds. The number of rotatable bonds is 7. The molecule has 0 unspecified atom stereocenters. The van der Waals surface area contributed by atoms with Gasteiger partial charge in [-0.3, -0.25) is 4.79 Å². The Bertz CT molecular complexity index is 996. The van der Waals surface area contributed by atoms with Crippen LogP contribution in [0.3, 0.4) is 0 Å². The molecular formula is C21H19N5O2. The second kappa shape index (κ2) is 9.14. The summed E-state index contributed by atoms with van der Waals surface area (Å²) >= 11 is 0. The Labute approximate surface area is 163 Å². The standard InChI is InChI=1S/C21H19N5O2/c1-28-19-5-3-2-4-16(19)10-11-23-20-12-18(24-14-25-20)21(27)26-17-8-6-15(13-22)7-9-17/h2-9,12,14H,10-11H2,1H3,(H,26,27)(H,23,24,25). The molecule has 0 atom stereocenters. The van der Waals surface area contributed by atoms with E-state index in [4.69, 9.17) is 10.00 Å². The summed E-state index contributed by atoms with van der Waals surface area (Å²) in [4.78, 5) is 20.6. The number of benzene rings is 2. The molecule has 0 saturated heterocycles. The molecule has 0 aliphatic carbocycles. The fourth-order valence-electron chi connectivity index (χ4n) is 2.64. The van der Waals surface area contributed by atoms with Gasteiger partial charge in [-0.1, -0.05) is 18.2 Å². The van der Waals surface area contributed by atoms with Gasteiger partial charge < -0.3 is 15.4 Å². The number of carbonyl (C=O) groups excluding carboxylic acids is 1. The number of ether oxygens (including phenoxy) is 1. The van der Waals surface area contributed by atoms with Gasteiger partial charge in [0.2, 0.25) is 0 Å². The number of nitriles is 1. The molecule has 0 radical (unpaired) electrons. The highest BCUT2D eigenvalue weighted by Crippen LogP contribution is 2.18. The summed E-state index contributed by atoms with van der Waals surface area (Å²) < 4.78 is 5.35. The molecule has 0 aliphatic rings. The Hall–Kier alpha value is -3.92. The number of anilines is 2. The van der Waals surface area contributed by atoms with E-state index >= 15 is 0 Å². The number of hydrogen-bond acceptors (Lipinski definition) is 6. The molecule has 140 valence electrons. The van der Waals surface area contributed by atoms with Crippen molar-refractivity contribution in [3.63, 3.8) is 0 Å². The Morgan fingerprint density at radius 2 is 1.93 bits per heavy atom. The highest BCUT2D eigenvalue weighted by atomic mass is 16.5. The van der Waals surface area contributed by atoms with Gasteiger partial charge in [-0.15, -0.1) is 0 Å². The van der Waals surface area contributed by atoms with Crippen LogP contribution < -0.4 is 15.4 Å². The number of amides is 1. The Kier molecular flexibility index (Phi) is 6.16. The summed E-state index contributed by atoms with van der Waals surface area (Å²) in [6.07, 6.45) is 2.10. The van der Waals surface area contributed by atoms with E-state index in [0.29, 0.717) is 23.6 Å². The highest BCUT2D eigenvalue weighted by Gasteiger charge is 2.09. The zero-order chi connectivity index (χ0) is 19.8. The van der Waals surface area contributed by atoms with Crippen LogP contribution in [0, 0.1) is 11.3 Å². The SMILES string of the molecule is COc1ccccc1CCNc1cc(C(=O)Nc2ccc(C#N)cc2)ncn1. The number of carbonyl (C=O) groups is 1. The number of para-hydroxylation sites is 1. The largest absolute Gasteiger partial charge is 0.496 e. The number of aromatic nitrogens is 2. The molecule has 28 heavy (non-hydrogen) atoms. The van der Waals surface area contributed by atoms with E-state index in [-0.39, 0.29) is 11.6 Å². The van der Waals surface area contributed by atoms with Gasteiger partial charge in [0.1, 0.15) is 23.6 Å². The molecule has 7 heteroatoms. The number of nitrogens with zero attached hydrogens (tertiary/aromatic N) is 3. The van der Waals surface area contributed by atoms with E-state index < -0.39 is 0 Å². The average Bonchev–Trinajstić information content (AvgIpc) is 2.75. The third-order valence-electron chi connectivity index (χ3n) is 4.06. The summed E-state index contributed by atoms with van der Waals surface area (Å²) in [6.45, 7) is 0.633. The maximum absolute atomic E-state index is 12.4. The first-order chi connectivity index (χ1) is 13.7. The Morgan fingerprint density at radius 1 is 1.14 bits per heavy atom. The molecule has 0 saturated carbocycles. The van der Waals surface area contributed by atoms with E-state index in [9.17, 15) is 4.79 Å². The molecule has 0 aliphatic heterocycles. The van der Waals surface area contributed by atoms with Crippen molar-refractivity contribution in [1.82, 2.24) is 9.97 Å². The molecule has 3 aromatic rings. The second-order valence-corrected chi connectivity index (χ2v) is 5.92. The van der Waals surface area contributed by atoms with Gasteiger partial charge in [0.15, 0.2) is 0 Å². The topological polar surface area (TPSA) is 99.9 Å². The van der Waals surface area contributed by atoms with Crippen molar-refractivity contribution in [1.29, 1.82) is 5.26 Å². The molecule has 0 bridgehead atoms. The van der Waals surface area contributed by atoms with E-state index in [2.05, 4.69) is 20.6 Å². The van der Waals surface area contributed by atoms with Gasteiger partial charge in [0.25, 0.3) is 5.91 Å². The van der Waals surface area contributed by atoms with Crippen LogP contribution in [0.1, 0.15) is 21.6 Å². The van der Waals surface area contributed by atoms with Gasteiger partial charge in [-0.05, 0) is 42.3 Å². The Morgan fingerprint density at radius 3 is 2.68 bits per heavy atom. The van der Waals surface area contributed by atoms with Crippen LogP contribution in [0.15, 0.2) is 60.9 Å². The lowest BCUT2D eigenvalue weighted by Gasteiger charge is -2.10. The third-order valence-corrected chi connectivity index (χ3v) is 4.06. The Balaban J connectivity index is 1.60. The predicted molar refractivity (Wildman–Crippen MR) is 106 cm³/mol. The maximum Gasteiger partial charge on any atom is 0.274 e. The molecule has 0 fully saturated rings. The van der Waals surface area contributed by atoms with Crippen molar-refractivity contribution in [2.75, 3.05) is 24.3 Å². The van der Waals surface area contributed by atoms with Crippen molar-refractivity contribution >= 4 is 17.4 Å². The molecule has 2 N–H and O–H groups in total. The minimum absolute atomic E-state index is 0.249. The molecule has 1 aromatic heterocycles. The zero-order valence-electron chi connectivity index (χ0n) is 15.3. The lowest BCUT2D eigenvalue weighted by Crippen LogP contribution is -2.15. The normalized spacial score (nSPS) is 10.0. The van der Waals surface area contributed by atoms with Crippen LogP contribution in [0.5, 0.6) is 5.75 Å². The monoisotopic (exact) mass is 373 g/mol. The molecule has 3 rings (SSSR count). The molecule has 0 spiro atoms. The maximum atomic E-state index is 12.4. The molecule has 1 heterocycles. The number of nitrogens with one attached hydrogen (secondary N) is 2. The van der Waals surface area contributed by atoms with E-state index in [1.165, 1.54) is 6.33 Å². The van der Waals surface area contributed by atoms with Crippen LogP contribution in [-0.2, 0) is 6.42 Å². The van der Waals surface area contributed by atoms with Gasteiger partial charge in [-0.25, -0.2) is 9.97 Å². The van der Waals surface area contributed by atoms with Crippen molar-refractivity contribution < 1.29 is 9.53 Å². The van der Waals surface area contributed by atoms with Gasteiger partial charge in [0, 0.05) is 18.3 Å². The van der Waals surface area contributed by atoms with Crippen LogP contribution in [0.4, 0.5) is 11.5 Å². The van der Waals surface area contributed by atoms with Gasteiger partial charge in [-0.2, -0.15) is 5.26 Å². The summed E-state index contributed by atoms with van der Waals surface area (Å²) in [6, 6.07) is 18.1. The van der Waals surface area contributed by atoms with E-state index in [1.54, 1.807) is 37.4 Å². The average molecular weight is 373 g/mol. The lowest BCUT2D eigenvalue weighted by molar-refractivity contribution is 0.102. The van der Waals surface area contributed by atoms with E-state index in [1.807, 2.05) is 30.3 Å². The van der Waals surface area contributed by atoms with Crippen molar-refractivity contribution in [2.45, 2.75) is 6.42 Å². The first kappa shape index (κ1) is 18.9. The van der Waals surface area contributed by atoms with Crippen LogP contribution in [0.2, 0.25) is 0 Å². The fourth-order valence-corrected chi connectivity index (χ4v) is 2.64. The minimum atomic E-state index is -0.347. The first-order valence-electron chi connectivity index (χ1n) is 8.69. The summed E-state index contributed by atoms with van der Waals surface area (Å²) in [5.41, 5.74) is 2.46. The fraction of sp³-hybridized carbons (Fsp3) is 0.143. The summed E-state index contributed by atoms with van der Waals surface area (Å²) in [5.74, 6) is 1.06. The second-order valence-electron chi connectivity index (χ2n) is 5.92. The van der Waals surface area contributed by atoms with Crippen molar-refractivity contribution in [3.8, 4) is 11.8 Å². The summed E-state index contributed by atoms with van der Waals surface area (Å²) in [7, 11) is 1.65. The molecular weight excluding hydrogens is 354 g/mol. The van der Waals surface area contributed by atoms with Crippen molar-refractivity contribution in [3.05, 3.63) is 77.7 Å². The van der Waals surface area contributed by atoms with Gasteiger partial charge >= 0.3 is 0 Å². The lowest BCUT2D eigenvalue weighted by atomic mass is 10.1. The van der Waals surface area contributed by atoms with Gasteiger partial charge in [0.05, 0.1) is 18.7 Å². The molecule has 2 aromatic carbocycles. The number of hydrogen-bond donors (Lipinski definition) is 2. The highest BCUT2D eigenvalue weighted by molar-refractivity contribution is 6.03. The number of methoxy groups -OCH3 is 1. The van der Waals surface area contributed by atoms with E-state index in [0.717, 1.165) is 17.7 Å². The van der Waals surface area contributed by atoms with Crippen LogP contribution in [-0.4, -0.2) is 29.5 Å². The van der Waals surface area contributed by atoms with Crippen LogP contribution in [0.25, 0.3) is 0 Å². The van der Waals surface area contributed by atoms with Crippen molar-refractivity contribution in [2.24, 2.45) is 0 Å². The minimum Gasteiger partial charge on any atom is -0.496 e. The summed E-state index contributed by atoms with van der Waals surface area (Å²) in [5, 5.41) is 14.8. The third kappa shape index (κ3) is 4.83. The zero-order valence-corrected chi connectivity index (χ0v) is 15.3. The molecule has 7 nitrogen and oxygen atoms in total. The first-order valence-corrected chi connectivity index (χ1v) is 8.69. The predicted octanol–water partition coefficient (Wildman–Crippen LogP) is 3.26.